The lowest BCUT2D eigenvalue weighted by atomic mass is 9.91. The molecule has 0 spiro atoms. The molecular formula is C33H37N3O3. The molecule has 1 atom stereocenters. The second kappa shape index (κ2) is 12.8. The number of aryl methyl sites for hydroxylation is 1. The van der Waals surface area contributed by atoms with Crippen LogP contribution in [-0.4, -0.2) is 54.2 Å². The first-order valence-corrected chi connectivity index (χ1v) is 13.8. The van der Waals surface area contributed by atoms with E-state index in [1.807, 2.05) is 41.3 Å². The Morgan fingerprint density at radius 3 is 2.46 bits per heavy atom. The Labute approximate surface area is 231 Å². The predicted octanol–water partition coefficient (Wildman–Crippen LogP) is 6.57. The van der Waals surface area contributed by atoms with Crippen LogP contribution in [0.25, 0.3) is 11.3 Å². The van der Waals surface area contributed by atoms with Gasteiger partial charge in [-0.15, -0.1) is 0 Å². The van der Waals surface area contributed by atoms with Crippen molar-refractivity contribution >= 4 is 5.91 Å². The molecule has 6 nitrogen and oxygen atoms in total. The van der Waals surface area contributed by atoms with E-state index in [-0.39, 0.29) is 5.91 Å². The minimum Gasteiger partial charge on any atom is -0.491 e. The number of ether oxygens (including phenoxy) is 1. The summed E-state index contributed by atoms with van der Waals surface area (Å²) >= 11 is 0. The van der Waals surface area contributed by atoms with Crippen molar-refractivity contribution in [1.82, 2.24) is 15.0 Å². The first kappa shape index (κ1) is 26.7. The van der Waals surface area contributed by atoms with Gasteiger partial charge in [0.15, 0.2) is 11.5 Å². The number of aromatic nitrogens is 1. The molecule has 1 unspecified atom stereocenters. The zero-order valence-corrected chi connectivity index (χ0v) is 22.9. The molecule has 39 heavy (non-hydrogen) atoms. The molecule has 4 aromatic rings. The summed E-state index contributed by atoms with van der Waals surface area (Å²) in [6, 6.07) is 28.6. The fourth-order valence-corrected chi connectivity index (χ4v) is 5.31. The van der Waals surface area contributed by atoms with Gasteiger partial charge in [0, 0.05) is 30.3 Å². The highest BCUT2D eigenvalue weighted by atomic mass is 16.5. The molecule has 3 aromatic carbocycles. The lowest BCUT2D eigenvalue weighted by Gasteiger charge is -2.27. The average molecular weight is 524 g/mol. The number of amides is 1. The lowest BCUT2D eigenvalue weighted by Crippen LogP contribution is -2.36. The number of carbonyl (C=O) groups is 1. The van der Waals surface area contributed by atoms with Gasteiger partial charge in [-0.3, -0.25) is 4.79 Å². The second-order valence-electron chi connectivity index (χ2n) is 10.5. The van der Waals surface area contributed by atoms with Gasteiger partial charge in [-0.1, -0.05) is 83.5 Å². The third-order valence-corrected chi connectivity index (χ3v) is 7.46. The largest absolute Gasteiger partial charge is 0.491 e. The van der Waals surface area contributed by atoms with E-state index in [2.05, 4.69) is 66.5 Å². The average Bonchev–Trinajstić information content (AvgIpc) is 3.46. The minimum atomic E-state index is -0.128. The van der Waals surface area contributed by atoms with Crippen molar-refractivity contribution in [2.24, 2.45) is 0 Å². The van der Waals surface area contributed by atoms with E-state index in [9.17, 15) is 4.79 Å². The highest BCUT2D eigenvalue weighted by molar-refractivity contribution is 5.93. The van der Waals surface area contributed by atoms with Gasteiger partial charge in [0.05, 0.1) is 6.54 Å². The van der Waals surface area contributed by atoms with Gasteiger partial charge >= 0.3 is 0 Å². The Balaban J connectivity index is 1.38. The van der Waals surface area contributed by atoms with E-state index >= 15 is 0 Å². The molecule has 2 heterocycles. The van der Waals surface area contributed by atoms with Crippen molar-refractivity contribution < 1.29 is 14.1 Å². The van der Waals surface area contributed by atoms with Crippen molar-refractivity contribution in [2.45, 2.75) is 38.6 Å². The van der Waals surface area contributed by atoms with Gasteiger partial charge in [-0.05, 0) is 57.3 Å². The second-order valence-corrected chi connectivity index (χ2v) is 10.5. The van der Waals surface area contributed by atoms with Crippen molar-refractivity contribution in [1.29, 1.82) is 0 Å². The van der Waals surface area contributed by atoms with Gasteiger partial charge in [0.25, 0.3) is 5.91 Å². The monoisotopic (exact) mass is 523 g/mol. The van der Waals surface area contributed by atoms with Crippen molar-refractivity contribution in [2.75, 3.05) is 33.3 Å². The zero-order chi connectivity index (χ0) is 27.0. The van der Waals surface area contributed by atoms with Gasteiger partial charge in [-0.25, -0.2) is 0 Å². The third-order valence-electron chi connectivity index (χ3n) is 7.46. The third kappa shape index (κ3) is 6.95. The summed E-state index contributed by atoms with van der Waals surface area (Å²) in [6.07, 6.45) is 2.96. The highest BCUT2D eigenvalue weighted by Gasteiger charge is 2.22. The highest BCUT2D eigenvalue weighted by Crippen LogP contribution is 2.28. The van der Waals surface area contributed by atoms with Crippen LogP contribution < -0.4 is 4.74 Å². The van der Waals surface area contributed by atoms with Gasteiger partial charge in [0.2, 0.25) is 0 Å². The normalized spacial score (nSPS) is 17.6. The summed E-state index contributed by atoms with van der Waals surface area (Å²) in [4.78, 5) is 17.9. The van der Waals surface area contributed by atoms with Crippen molar-refractivity contribution in [3.8, 4) is 17.1 Å². The van der Waals surface area contributed by atoms with E-state index < -0.39 is 0 Å². The molecule has 0 saturated heterocycles. The molecule has 1 amide bonds. The molecule has 1 aliphatic rings. The molecule has 6 heteroatoms. The lowest BCUT2D eigenvalue weighted by molar-refractivity contribution is 0.0714. The zero-order valence-electron chi connectivity index (χ0n) is 22.9. The van der Waals surface area contributed by atoms with Crippen molar-refractivity contribution in [3.05, 3.63) is 107 Å². The number of nitrogens with zero attached hydrogens (tertiary/aromatic N) is 3. The maximum atomic E-state index is 13.6. The molecule has 0 radical (unpaired) electrons. The Kier molecular flexibility index (Phi) is 8.74. The van der Waals surface area contributed by atoms with Crippen LogP contribution in [-0.2, 0) is 6.54 Å². The van der Waals surface area contributed by atoms with E-state index in [1.165, 1.54) is 16.7 Å². The van der Waals surface area contributed by atoms with Crippen LogP contribution in [0, 0.1) is 6.92 Å². The molecule has 0 bridgehead atoms. The summed E-state index contributed by atoms with van der Waals surface area (Å²) < 4.78 is 11.8. The van der Waals surface area contributed by atoms with E-state index in [4.69, 9.17) is 9.26 Å². The number of hydrogen-bond donors (Lipinski definition) is 0. The molecule has 0 saturated carbocycles. The maximum absolute atomic E-state index is 13.6. The van der Waals surface area contributed by atoms with E-state index in [0.29, 0.717) is 37.1 Å². The first-order valence-electron chi connectivity index (χ1n) is 13.8. The molecule has 202 valence electrons. The Morgan fingerprint density at radius 1 is 0.897 bits per heavy atom. The predicted molar refractivity (Wildman–Crippen MR) is 154 cm³/mol. The minimum absolute atomic E-state index is 0.128. The number of rotatable bonds is 3. The SMILES string of the molecule is Cc1ccc2c(c1)CN(C)CCC(c1ccccc1)CCCN(C(=O)c1cc(-c3ccccc3)on1)CCO2. The maximum Gasteiger partial charge on any atom is 0.276 e. The molecule has 0 N–H and O–H groups in total. The van der Waals surface area contributed by atoms with Crippen LogP contribution in [0.5, 0.6) is 5.75 Å². The van der Waals surface area contributed by atoms with Crippen molar-refractivity contribution in [3.63, 3.8) is 0 Å². The standard InChI is InChI=1S/C33H37N3O3/c1-25-15-16-31-29(22-25)24-35(2)19-17-27(26-10-5-3-6-11-26)14-9-18-36(20-21-38-31)33(37)30-23-32(39-34-30)28-12-7-4-8-13-28/h3-8,10-13,15-16,22-23,27H,9,14,17-21,24H2,1-2H3. The Bertz CT molecular complexity index is 1350. The number of fused-ring (bicyclic) bond motifs is 1. The first-order chi connectivity index (χ1) is 19.1. The number of carbonyl (C=O) groups excluding carboxylic acids is 1. The summed E-state index contributed by atoms with van der Waals surface area (Å²) in [6.45, 7) is 5.44. The van der Waals surface area contributed by atoms with Gasteiger partial charge < -0.3 is 19.1 Å². The Hall–Kier alpha value is -3.90. The van der Waals surface area contributed by atoms with Crippen LogP contribution in [0.3, 0.4) is 0 Å². The molecule has 5 rings (SSSR count). The fraction of sp³-hybridized carbons (Fsp3) is 0.333. The Morgan fingerprint density at radius 2 is 1.67 bits per heavy atom. The summed E-state index contributed by atoms with van der Waals surface area (Å²) in [5, 5.41) is 4.13. The number of hydrogen-bond acceptors (Lipinski definition) is 5. The van der Waals surface area contributed by atoms with Crippen LogP contribution >= 0.6 is 0 Å². The smallest absolute Gasteiger partial charge is 0.276 e. The number of benzene rings is 3. The topological polar surface area (TPSA) is 58.8 Å². The van der Waals surface area contributed by atoms with Crippen LogP contribution in [0.4, 0.5) is 0 Å². The molecule has 0 fully saturated rings. The van der Waals surface area contributed by atoms with Crippen LogP contribution in [0.2, 0.25) is 0 Å². The van der Waals surface area contributed by atoms with Gasteiger partial charge in [0.1, 0.15) is 12.4 Å². The summed E-state index contributed by atoms with van der Waals surface area (Å²) in [7, 11) is 2.18. The van der Waals surface area contributed by atoms with E-state index in [0.717, 1.165) is 43.7 Å². The molecule has 0 aliphatic carbocycles. The molecular weight excluding hydrogens is 486 g/mol. The quantitative estimate of drug-likeness (QED) is 0.304. The van der Waals surface area contributed by atoms with Crippen LogP contribution in [0.15, 0.2) is 89.5 Å². The summed E-state index contributed by atoms with van der Waals surface area (Å²) in [5.74, 6) is 1.77. The molecule has 1 aromatic heterocycles. The van der Waals surface area contributed by atoms with Crippen LogP contribution in [0.1, 0.15) is 52.4 Å². The molecule has 1 aliphatic heterocycles. The van der Waals surface area contributed by atoms with Gasteiger partial charge in [-0.2, -0.15) is 0 Å². The van der Waals surface area contributed by atoms with E-state index in [1.54, 1.807) is 6.07 Å². The fourth-order valence-electron chi connectivity index (χ4n) is 5.31. The summed E-state index contributed by atoms with van der Waals surface area (Å²) in [5.41, 5.74) is 4.97.